The summed E-state index contributed by atoms with van der Waals surface area (Å²) in [5.41, 5.74) is 4.82. The third-order valence-corrected chi connectivity index (χ3v) is 5.91. The first-order valence-corrected chi connectivity index (χ1v) is 11.0. The Hall–Kier alpha value is -4.49. The summed E-state index contributed by atoms with van der Waals surface area (Å²) in [4.78, 5) is 24.2. The van der Waals surface area contributed by atoms with E-state index in [1.807, 2.05) is 36.6 Å². The van der Waals surface area contributed by atoms with Crippen LogP contribution in [0.3, 0.4) is 0 Å². The van der Waals surface area contributed by atoms with E-state index in [9.17, 15) is 19.8 Å². The molecular formula is C28H24N3O4-. The summed E-state index contributed by atoms with van der Waals surface area (Å²) >= 11 is 0. The van der Waals surface area contributed by atoms with Gasteiger partial charge in [-0.3, -0.25) is 4.79 Å². The van der Waals surface area contributed by atoms with Gasteiger partial charge in [-0.2, -0.15) is 5.10 Å². The summed E-state index contributed by atoms with van der Waals surface area (Å²) in [5.74, 6) is -1.91. The van der Waals surface area contributed by atoms with Crippen molar-refractivity contribution in [1.29, 1.82) is 0 Å². The largest absolute Gasteiger partial charge is 0.545 e. The van der Waals surface area contributed by atoms with Crippen LogP contribution in [0.4, 0.5) is 0 Å². The number of nitrogens with zero attached hydrogens (tertiary/aromatic N) is 2. The van der Waals surface area contributed by atoms with E-state index in [0.29, 0.717) is 11.1 Å². The minimum absolute atomic E-state index is 0.102. The molecule has 0 bridgehead atoms. The second-order valence-electron chi connectivity index (χ2n) is 8.14. The molecule has 0 saturated heterocycles. The van der Waals surface area contributed by atoms with Crippen LogP contribution in [0.5, 0.6) is 0 Å². The Bertz CT molecular complexity index is 1340. The maximum Gasteiger partial charge on any atom is 0.281 e. The van der Waals surface area contributed by atoms with Crippen LogP contribution in [0.25, 0.3) is 5.69 Å². The lowest BCUT2D eigenvalue weighted by Gasteiger charge is -2.27. The van der Waals surface area contributed by atoms with Crippen LogP contribution in [0.15, 0.2) is 96.1 Å². The number of aromatic nitrogens is 1. The smallest absolute Gasteiger partial charge is 0.281 e. The first-order valence-electron chi connectivity index (χ1n) is 11.0. The Labute approximate surface area is 203 Å². The van der Waals surface area contributed by atoms with Crippen LogP contribution < -0.4 is 10.5 Å². The third-order valence-electron chi connectivity index (χ3n) is 5.91. The summed E-state index contributed by atoms with van der Waals surface area (Å²) in [6, 6.07) is 25.7. The summed E-state index contributed by atoms with van der Waals surface area (Å²) < 4.78 is 1.95. The Balaban J connectivity index is 1.59. The fourth-order valence-corrected chi connectivity index (χ4v) is 4.09. The molecular weight excluding hydrogens is 442 g/mol. The van der Waals surface area contributed by atoms with E-state index in [2.05, 4.69) is 10.5 Å². The van der Waals surface area contributed by atoms with E-state index in [0.717, 1.165) is 22.6 Å². The average molecular weight is 467 g/mol. The first kappa shape index (κ1) is 23.7. The summed E-state index contributed by atoms with van der Waals surface area (Å²) in [6.07, 6.45) is 1.52. The lowest BCUT2D eigenvalue weighted by Crippen LogP contribution is -2.43. The van der Waals surface area contributed by atoms with E-state index < -0.39 is 17.5 Å². The fraction of sp³-hybridized carbons (Fsp3) is 0.107. The van der Waals surface area contributed by atoms with Crippen molar-refractivity contribution >= 4 is 18.1 Å². The number of aryl methyl sites for hydroxylation is 1. The topological polar surface area (TPSA) is 107 Å². The van der Waals surface area contributed by atoms with Gasteiger partial charge in [0.1, 0.15) is 0 Å². The molecule has 0 radical (unpaired) electrons. The van der Waals surface area contributed by atoms with Crippen molar-refractivity contribution in [2.45, 2.75) is 19.4 Å². The van der Waals surface area contributed by atoms with E-state index in [1.165, 1.54) is 18.3 Å². The van der Waals surface area contributed by atoms with Gasteiger partial charge >= 0.3 is 0 Å². The number of carbonyl (C=O) groups excluding carboxylic acids is 2. The van der Waals surface area contributed by atoms with Crippen LogP contribution in [-0.2, 0) is 10.4 Å². The molecule has 1 amide bonds. The molecule has 0 aliphatic carbocycles. The lowest BCUT2D eigenvalue weighted by atomic mass is 9.85. The molecule has 35 heavy (non-hydrogen) atoms. The summed E-state index contributed by atoms with van der Waals surface area (Å²) in [6.45, 7) is 3.81. The minimum Gasteiger partial charge on any atom is -0.545 e. The fourth-order valence-electron chi connectivity index (χ4n) is 4.09. The molecule has 2 N–H and O–H groups in total. The van der Waals surface area contributed by atoms with Gasteiger partial charge in [0, 0.05) is 22.6 Å². The zero-order chi connectivity index (χ0) is 25.0. The predicted molar refractivity (Wildman–Crippen MR) is 131 cm³/mol. The number of amides is 1. The van der Waals surface area contributed by atoms with Crippen molar-refractivity contribution in [3.05, 3.63) is 125 Å². The molecule has 0 fully saturated rings. The molecule has 1 aromatic heterocycles. The number of hydrogen-bond acceptors (Lipinski definition) is 5. The van der Waals surface area contributed by atoms with Crippen molar-refractivity contribution in [2.75, 3.05) is 0 Å². The highest BCUT2D eigenvalue weighted by Gasteiger charge is 2.39. The number of carboxylic acid groups (broad SMARTS) is 1. The molecule has 0 aliphatic rings. The van der Waals surface area contributed by atoms with E-state index in [4.69, 9.17) is 0 Å². The Morgan fingerprint density at radius 2 is 1.46 bits per heavy atom. The molecule has 0 aliphatic heterocycles. The number of aromatic carboxylic acids is 1. The molecule has 7 nitrogen and oxygen atoms in total. The second kappa shape index (κ2) is 9.79. The van der Waals surface area contributed by atoms with Crippen LogP contribution in [-0.4, -0.2) is 27.8 Å². The maximum atomic E-state index is 13.2. The van der Waals surface area contributed by atoms with Crippen molar-refractivity contribution in [1.82, 2.24) is 9.99 Å². The number of aliphatic hydroxyl groups is 1. The molecule has 3 aromatic carbocycles. The van der Waals surface area contributed by atoms with Gasteiger partial charge in [-0.25, -0.2) is 5.43 Å². The SMILES string of the molecule is Cc1cc(/C=N\NC(=O)C(O)(c2ccccc2)c2ccccc2)c(C)n1-c1ccc(C(=O)[O-])cc1. The monoisotopic (exact) mass is 466 g/mol. The Kier molecular flexibility index (Phi) is 6.62. The lowest BCUT2D eigenvalue weighted by molar-refractivity contribution is -0.255. The highest BCUT2D eigenvalue weighted by Crippen LogP contribution is 2.30. The standard InChI is InChI=1S/C28H25N3O4/c1-19-17-22(20(2)31(19)25-15-13-21(14-16-25)26(32)33)18-29-30-27(34)28(35,23-9-5-3-6-10-23)24-11-7-4-8-12-24/h3-18,35H,1-2H3,(H,30,34)(H,32,33)/p-1/b29-18-. The van der Waals surface area contributed by atoms with Gasteiger partial charge < -0.3 is 19.6 Å². The van der Waals surface area contributed by atoms with Crippen LogP contribution in [0.2, 0.25) is 0 Å². The minimum atomic E-state index is -1.92. The number of hydrogen-bond donors (Lipinski definition) is 2. The number of hydrazone groups is 1. The van der Waals surface area contributed by atoms with Gasteiger partial charge in [0.15, 0.2) is 5.60 Å². The van der Waals surface area contributed by atoms with Crippen molar-refractivity contribution in [3.63, 3.8) is 0 Å². The van der Waals surface area contributed by atoms with Crippen molar-refractivity contribution < 1.29 is 19.8 Å². The highest BCUT2D eigenvalue weighted by molar-refractivity contribution is 5.91. The zero-order valence-corrected chi connectivity index (χ0v) is 19.3. The predicted octanol–water partition coefficient (Wildman–Crippen LogP) is 2.84. The normalized spacial score (nSPS) is 11.5. The van der Waals surface area contributed by atoms with E-state index >= 15 is 0 Å². The summed E-state index contributed by atoms with van der Waals surface area (Å²) in [5, 5.41) is 26.6. The van der Waals surface area contributed by atoms with Gasteiger partial charge in [-0.15, -0.1) is 0 Å². The summed E-state index contributed by atoms with van der Waals surface area (Å²) in [7, 11) is 0. The molecule has 7 heteroatoms. The van der Waals surface area contributed by atoms with Crippen molar-refractivity contribution in [3.8, 4) is 5.69 Å². The van der Waals surface area contributed by atoms with Crippen LogP contribution in [0, 0.1) is 13.8 Å². The van der Waals surface area contributed by atoms with Gasteiger partial charge in [0.25, 0.3) is 5.91 Å². The number of carbonyl (C=O) groups is 2. The number of rotatable bonds is 7. The molecule has 0 spiro atoms. The molecule has 176 valence electrons. The number of benzene rings is 3. The van der Waals surface area contributed by atoms with Gasteiger partial charge in [-0.05, 0) is 48.7 Å². The van der Waals surface area contributed by atoms with E-state index in [1.54, 1.807) is 60.7 Å². The van der Waals surface area contributed by atoms with Crippen LogP contribution in [0.1, 0.15) is 38.4 Å². The molecule has 0 unspecified atom stereocenters. The molecule has 4 aromatic rings. The number of nitrogens with one attached hydrogen (secondary N) is 1. The highest BCUT2D eigenvalue weighted by atomic mass is 16.4. The molecule has 0 saturated carbocycles. The Morgan fingerprint density at radius 3 is 1.97 bits per heavy atom. The van der Waals surface area contributed by atoms with Gasteiger partial charge in [0.2, 0.25) is 0 Å². The Morgan fingerprint density at radius 1 is 0.914 bits per heavy atom. The van der Waals surface area contributed by atoms with E-state index in [-0.39, 0.29) is 5.56 Å². The van der Waals surface area contributed by atoms with Crippen LogP contribution >= 0.6 is 0 Å². The first-order chi connectivity index (χ1) is 16.8. The second-order valence-corrected chi connectivity index (χ2v) is 8.14. The number of carboxylic acids is 1. The maximum absolute atomic E-state index is 13.2. The molecule has 4 rings (SSSR count). The molecule has 0 atom stereocenters. The average Bonchev–Trinajstić information content (AvgIpc) is 3.17. The van der Waals surface area contributed by atoms with Crippen molar-refractivity contribution in [2.24, 2.45) is 5.10 Å². The van der Waals surface area contributed by atoms with Gasteiger partial charge in [-0.1, -0.05) is 72.8 Å². The quantitative estimate of drug-likeness (QED) is 0.323. The third kappa shape index (κ3) is 4.62. The molecule has 1 heterocycles. The van der Waals surface area contributed by atoms with Gasteiger partial charge in [0.05, 0.1) is 12.2 Å². The zero-order valence-electron chi connectivity index (χ0n) is 19.3.